The van der Waals surface area contributed by atoms with Crippen LogP contribution in [-0.4, -0.2) is 41.9 Å². The molecule has 2 rings (SSSR count). The zero-order valence-corrected chi connectivity index (χ0v) is 12.9. The highest BCUT2D eigenvalue weighted by Crippen LogP contribution is 2.20. The Hall–Kier alpha value is -0.390. The number of ether oxygens (including phenoxy) is 1. The van der Waals surface area contributed by atoms with Crippen LogP contribution in [0.2, 0.25) is 0 Å². The van der Waals surface area contributed by atoms with Crippen molar-refractivity contribution in [2.45, 2.75) is 25.9 Å². The number of aryl methyl sites for hydroxylation is 1. The summed E-state index contributed by atoms with van der Waals surface area (Å²) in [6.07, 6.45) is 2.21. The van der Waals surface area contributed by atoms with Crippen molar-refractivity contribution in [1.29, 1.82) is 0 Å². The summed E-state index contributed by atoms with van der Waals surface area (Å²) in [6, 6.07) is 0. The molecule has 1 amide bonds. The SMILES string of the molecule is Cc1cscc1C(=O)N1CCC(OCCBr)CC1. The highest BCUT2D eigenvalue weighted by Gasteiger charge is 2.24. The zero-order chi connectivity index (χ0) is 13.0. The Morgan fingerprint density at radius 3 is 2.78 bits per heavy atom. The normalized spacial score (nSPS) is 17.1. The van der Waals surface area contributed by atoms with Crippen molar-refractivity contribution in [3.8, 4) is 0 Å². The summed E-state index contributed by atoms with van der Waals surface area (Å²) in [6.45, 7) is 4.36. The van der Waals surface area contributed by atoms with E-state index in [2.05, 4.69) is 15.9 Å². The van der Waals surface area contributed by atoms with Crippen LogP contribution in [0.4, 0.5) is 0 Å². The van der Waals surface area contributed by atoms with Crippen LogP contribution in [0.25, 0.3) is 0 Å². The molecule has 0 saturated carbocycles. The van der Waals surface area contributed by atoms with Crippen LogP contribution in [0.3, 0.4) is 0 Å². The number of halogens is 1. The van der Waals surface area contributed by atoms with E-state index in [0.717, 1.165) is 49.0 Å². The molecule has 1 aromatic rings. The summed E-state index contributed by atoms with van der Waals surface area (Å²) in [4.78, 5) is 14.2. The van der Waals surface area contributed by atoms with Gasteiger partial charge in [0, 0.05) is 23.8 Å². The number of carbonyl (C=O) groups excluding carboxylic acids is 1. The largest absolute Gasteiger partial charge is 0.377 e. The number of hydrogen-bond acceptors (Lipinski definition) is 3. The number of amides is 1. The first kappa shape index (κ1) is 14.0. The number of alkyl halides is 1. The van der Waals surface area contributed by atoms with Crippen LogP contribution in [0.15, 0.2) is 10.8 Å². The lowest BCUT2D eigenvalue weighted by Crippen LogP contribution is -2.41. The van der Waals surface area contributed by atoms with Gasteiger partial charge in [0.15, 0.2) is 0 Å². The number of carbonyl (C=O) groups is 1. The molecule has 0 spiro atoms. The van der Waals surface area contributed by atoms with E-state index in [1.165, 1.54) is 0 Å². The third-order valence-electron chi connectivity index (χ3n) is 3.25. The minimum atomic E-state index is 0.174. The third kappa shape index (κ3) is 3.33. The van der Waals surface area contributed by atoms with E-state index in [4.69, 9.17) is 4.74 Å². The van der Waals surface area contributed by atoms with Crippen molar-refractivity contribution in [1.82, 2.24) is 4.90 Å². The molecule has 2 heterocycles. The molecule has 100 valence electrons. The predicted octanol–water partition coefficient (Wildman–Crippen LogP) is 3.07. The lowest BCUT2D eigenvalue weighted by molar-refractivity contribution is 0.0160. The van der Waals surface area contributed by atoms with Crippen molar-refractivity contribution < 1.29 is 9.53 Å². The van der Waals surface area contributed by atoms with E-state index in [1.807, 2.05) is 22.6 Å². The first-order valence-corrected chi connectivity index (χ1v) is 8.28. The van der Waals surface area contributed by atoms with E-state index in [0.29, 0.717) is 6.10 Å². The molecule has 1 aliphatic rings. The summed E-state index contributed by atoms with van der Waals surface area (Å²) < 4.78 is 5.69. The number of rotatable bonds is 4. The van der Waals surface area contributed by atoms with Gasteiger partial charge in [0.1, 0.15) is 0 Å². The molecule has 1 aromatic heterocycles. The minimum absolute atomic E-state index is 0.174. The Kier molecular flexibility index (Phi) is 5.21. The highest BCUT2D eigenvalue weighted by atomic mass is 79.9. The molecule has 18 heavy (non-hydrogen) atoms. The quantitative estimate of drug-likeness (QED) is 0.793. The number of thiophene rings is 1. The predicted molar refractivity (Wildman–Crippen MR) is 77.7 cm³/mol. The van der Waals surface area contributed by atoms with Gasteiger partial charge in [-0.3, -0.25) is 4.79 Å². The molecule has 0 radical (unpaired) electrons. The Labute approximate surface area is 120 Å². The van der Waals surface area contributed by atoms with Crippen LogP contribution >= 0.6 is 27.3 Å². The molecule has 0 aliphatic carbocycles. The Morgan fingerprint density at radius 2 is 2.22 bits per heavy atom. The summed E-state index contributed by atoms with van der Waals surface area (Å²) in [5.74, 6) is 0.174. The van der Waals surface area contributed by atoms with Gasteiger partial charge >= 0.3 is 0 Å². The molecular weight excluding hydrogens is 314 g/mol. The van der Waals surface area contributed by atoms with E-state index in [1.54, 1.807) is 11.3 Å². The summed E-state index contributed by atoms with van der Waals surface area (Å²) in [5, 5.41) is 4.85. The lowest BCUT2D eigenvalue weighted by atomic mass is 10.1. The fourth-order valence-corrected chi connectivity index (χ4v) is 3.20. The molecule has 1 aliphatic heterocycles. The molecule has 3 nitrogen and oxygen atoms in total. The van der Waals surface area contributed by atoms with Gasteiger partial charge in [-0.15, -0.1) is 0 Å². The van der Waals surface area contributed by atoms with Crippen molar-refractivity contribution in [2.24, 2.45) is 0 Å². The first-order valence-electron chi connectivity index (χ1n) is 6.22. The van der Waals surface area contributed by atoms with Gasteiger partial charge in [-0.25, -0.2) is 0 Å². The van der Waals surface area contributed by atoms with Crippen LogP contribution < -0.4 is 0 Å². The van der Waals surface area contributed by atoms with E-state index in [-0.39, 0.29) is 5.91 Å². The Balaban J connectivity index is 1.86. The lowest BCUT2D eigenvalue weighted by Gasteiger charge is -2.31. The highest BCUT2D eigenvalue weighted by molar-refractivity contribution is 9.09. The maximum absolute atomic E-state index is 12.3. The van der Waals surface area contributed by atoms with Gasteiger partial charge in [0.05, 0.1) is 18.3 Å². The van der Waals surface area contributed by atoms with Crippen molar-refractivity contribution in [3.63, 3.8) is 0 Å². The van der Waals surface area contributed by atoms with E-state index >= 15 is 0 Å². The smallest absolute Gasteiger partial charge is 0.254 e. The Bertz CT molecular complexity index is 399. The second kappa shape index (κ2) is 6.68. The van der Waals surface area contributed by atoms with Crippen molar-refractivity contribution in [2.75, 3.05) is 25.0 Å². The first-order chi connectivity index (χ1) is 8.72. The number of likely N-dealkylation sites (tertiary alicyclic amines) is 1. The molecule has 0 unspecified atom stereocenters. The molecular formula is C13H18BrNO2S. The third-order valence-corrected chi connectivity index (χ3v) is 4.43. The average Bonchev–Trinajstić information content (AvgIpc) is 2.82. The average molecular weight is 332 g/mol. The summed E-state index contributed by atoms with van der Waals surface area (Å²) in [5.41, 5.74) is 1.95. The van der Waals surface area contributed by atoms with Crippen LogP contribution in [-0.2, 0) is 4.74 Å². The standard InChI is InChI=1S/C13H18BrNO2S/c1-10-8-18-9-12(10)13(16)15-5-2-11(3-6-15)17-7-4-14/h8-9,11H,2-7H2,1H3. The number of piperidine rings is 1. The molecule has 0 bridgehead atoms. The minimum Gasteiger partial charge on any atom is -0.377 e. The van der Waals surface area contributed by atoms with Crippen LogP contribution in [0.1, 0.15) is 28.8 Å². The van der Waals surface area contributed by atoms with Crippen LogP contribution in [0, 0.1) is 6.92 Å². The fourth-order valence-electron chi connectivity index (χ4n) is 2.19. The molecule has 0 atom stereocenters. The topological polar surface area (TPSA) is 29.5 Å². The maximum Gasteiger partial charge on any atom is 0.254 e. The second-order valence-electron chi connectivity index (χ2n) is 4.52. The molecule has 0 N–H and O–H groups in total. The van der Waals surface area contributed by atoms with Gasteiger partial charge in [-0.2, -0.15) is 11.3 Å². The van der Waals surface area contributed by atoms with Gasteiger partial charge < -0.3 is 9.64 Å². The molecule has 1 saturated heterocycles. The molecule has 5 heteroatoms. The van der Waals surface area contributed by atoms with Crippen LogP contribution in [0.5, 0.6) is 0 Å². The van der Waals surface area contributed by atoms with Gasteiger partial charge in [-0.1, -0.05) is 15.9 Å². The fraction of sp³-hybridized carbons (Fsp3) is 0.615. The second-order valence-corrected chi connectivity index (χ2v) is 6.06. The van der Waals surface area contributed by atoms with Crippen molar-refractivity contribution >= 4 is 33.2 Å². The number of nitrogens with zero attached hydrogens (tertiary/aromatic N) is 1. The number of hydrogen-bond donors (Lipinski definition) is 0. The monoisotopic (exact) mass is 331 g/mol. The molecule has 1 fully saturated rings. The van der Waals surface area contributed by atoms with Gasteiger partial charge in [0.2, 0.25) is 0 Å². The van der Waals surface area contributed by atoms with Crippen molar-refractivity contribution in [3.05, 3.63) is 21.9 Å². The maximum atomic E-state index is 12.3. The zero-order valence-electron chi connectivity index (χ0n) is 10.5. The Morgan fingerprint density at radius 1 is 1.50 bits per heavy atom. The summed E-state index contributed by atoms with van der Waals surface area (Å²) in [7, 11) is 0. The van der Waals surface area contributed by atoms with Gasteiger partial charge in [0.25, 0.3) is 5.91 Å². The van der Waals surface area contributed by atoms with Gasteiger partial charge in [-0.05, 0) is 30.7 Å². The van der Waals surface area contributed by atoms with E-state index in [9.17, 15) is 4.79 Å². The summed E-state index contributed by atoms with van der Waals surface area (Å²) >= 11 is 4.95. The van der Waals surface area contributed by atoms with E-state index < -0.39 is 0 Å². The molecule has 0 aromatic carbocycles.